The van der Waals surface area contributed by atoms with Crippen molar-refractivity contribution in [3.63, 3.8) is 0 Å². The summed E-state index contributed by atoms with van der Waals surface area (Å²) in [7, 11) is 0. The van der Waals surface area contributed by atoms with E-state index in [0.29, 0.717) is 26.7 Å². The lowest BCUT2D eigenvalue weighted by Crippen LogP contribution is -2.29. The number of aromatic nitrogens is 1. The van der Waals surface area contributed by atoms with Crippen LogP contribution >= 0.6 is 22.9 Å². The number of carbonyl (C=O) groups excluding carboxylic acids is 1. The van der Waals surface area contributed by atoms with Gasteiger partial charge in [-0.25, -0.2) is 4.98 Å². The predicted octanol–water partition coefficient (Wildman–Crippen LogP) is 5.27. The summed E-state index contributed by atoms with van der Waals surface area (Å²) in [4.78, 5) is 33.9. The first-order valence-electron chi connectivity index (χ1n) is 9.04. The van der Waals surface area contributed by atoms with E-state index in [0.717, 1.165) is 16.1 Å². The highest BCUT2D eigenvalue weighted by Crippen LogP contribution is 2.43. The second kappa shape index (κ2) is 6.54. The van der Waals surface area contributed by atoms with Gasteiger partial charge in [0.2, 0.25) is 5.76 Å². The van der Waals surface area contributed by atoms with Gasteiger partial charge >= 0.3 is 0 Å². The number of thiazole rings is 1. The van der Waals surface area contributed by atoms with Gasteiger partial charge in [0.15, 0.2) is 10.6 Å². The smallest absolute Gasteiger partial charge is 0.297 e. The lowest BCUT2D eigenvalue weighted by Gasteiger charge is -2.22. The predicted molar refractivity (Wildman–Crippen MR) is 114 cm³/mol. The second-order valence-electron chi connectivity index (χ2n) is 6.94. The van der Waals surface area contributed by atoms with Crippen LogP contribution in [0.5, 0.6) is 0 Å². The van der Waals surface area contributed by atoms with Crippen molar-refractivity contribution < 1.29 is 9.21 Å². The highest BCUT2D eigenvalue weighted by molar-refractivity contribution is 7.15. The molecule has 1 amide bonds. The molecule has 1 unspecified atom stereocenters. The third-order valence-electron chi connectivity index (χ3n) is 5.17. The summed E-state index contributed by atoms with van der Waals surface area (Å²) in [6, 6.07) is 13.5. The van der Waals surface area contributed by atoms with E-state index in [9.17, 15) is 9.59 Å². The van der Waals surface area contributed by atoms with Crippen LogP contribution in [-0.4, -0.2) is 10.9 Å². The van der Waals surface area contributed by atoms with Gasteiger partial charge in [-0.05, 0) is 43.7 Å². The molecule has 0 N–H and O–H groups in total. The van der Waals surface area contributed by atoms with Crippen LogP contribution in [0.1, 0.15) is 38.3 Å². The van der Waals surface area contributed by atoms with E-state index in [4.69, 9.17) is 16.0 Å². The number of benzene rings is 2. The summed E-state index contributed by atoms with van der Waals surface area (Å²) < 4.78 is 5.92. The number of hydrogen-bond donors (Lipinski definition) is 0. The van der Waals surface area contributed by atoms with Gasteiger partial charge in [0.25, 0.3) is 5.91 Å². The number of hydrogen-bond acceptors (Lipinski definition) is 5. The van der Waals surface area contributed by atoms with Gasteiger partial charge in [-0.15, -0.1) is 11.3 Å². The van der Waals surface area contributed by atoms with Gasteiger partial charge in [-0.2, -0.15) is 0 Å². The van der Waals surface area contributed by atoms with Crippen LogP contribution in [-0.2, 0) is 0 Å². The average molecular weight is 423 g/mol. The highest BCUT2D eigenvalue weighted by atomic mass is 35.5. The zero-order valence-electron chi connectivity index (χ0n) is 15.6. The molecule has 0 radical (unpaired) electrons. The number of fused-ring (bicyclic) bond motifs is 2. The Morgan fingerprint density at radius 1 is 1.10 bits per heavy atom. The van der Waals surface area contributed by atoms with Gasteiger partial charge in [-0.1, -0.05) is 35.9 Å². The molecule has 0 saturated heterocycles. The summed E-state index contributed by atoms with van der Waals surface area (Å²) in [6.45, 7) is 3.85. The summed E-state index contributed by atoms with van der Waals surface area (Å²) in [5, 5.41) is 1.50. The first kappa shape index (κ1) is 18.1. The molecule has 0 bridgehead atoms. The molecule has 144 valence electrons. The van der Waals surface area contributed by atoms with Crippen molar-refractivity contribution in [2.45, 2.75) is 19.9 Å². The van der Waals surface area contributed by atoms with Crippen LogP contribution in [0.15, 0.2) is 57.7 Å². The van der Waals surface area contributed by atoms with Crippen LogP contribution in [0.3, 0.4) is 0 Å². The van der Waals surface area contributed by atoms with E-state index in [-0.39, 0.29) is 17.1 Å². The van der Waals surface area contributed by atoms with Crippen LogP contribution in [0, 0.1) is 13.8 Å². The maximum atomic E-state index is 13.4. The Labute approximate surface area is 175 Å². The quantitative estimate of drug-likeness (QED) is 0.441. The molecule has 1 aliphatic rings. The van der Waals surface area contributed by atoms with Crippen molar-refractivity contribution in [2.24, 2.45) is 0 Å². The molecule has 5 rings (SSSR count). The lowest BCUT2D eigenvalue weighted by atomic mass is 9.99. The first-order chi connectivity index (χ1) is 14.0. The van der Waals surface area contributed by atoms with Crippen LogP contribution in [0.25, 0.3) is 11.0 Å². The number of aryl methyl sites for hydroxylation is 2. The monoisotopic (exact) mass is 422 g/mol. The van der Waals surface area contributed by atoms with Gasteiger partial charge in [0, 0.05) is 9.90 Å². The number of rotatable bonds is 2. The number of nitrogens with zero attached hydrogens (tertiary/aromatic N) is 2. The second-order valence-corrected chi connectivity index (χ2v) is 8.56. The molecule has 4 aromatic rings. The number of carbonyl (C=O) groups is 1. The van der Waals surface area contributed by atoms with Crippen LogP contribution < -0.4 is 10.3 Å². The topological polar surface area (TPSA) is 63.4 Å². The fourth-order valence-electron chi connectivity index (χ4n) is 3.67. The van der Waals surface area contributed by atoms with E-state index in [2.05, 4.69) is 4.98 Å². The van der Waals surface area contributed by atoms with Gasteiger partial charge in [0.05, 0.1) is 22.7 Å². The first-order valence-corrected chi connectivity index (χ1v) is 10.2. The van der Waals surface area contributed by atoms with Gasteiger partial charge < -0.3 is 4.42 Å². The molecule has 0 fully saturated rings. The minimum absolute atomic E-state index is 0.0594. The SMILES string of the molecule is Cc1nc(N2C(=O)c3oc4ccccc4c(=O)c3C2c2cccc(Cl)c2)sc1C. The van der Waals surface area contributed by atoms with E-state index in [1.807, 2.05) is 19.9 Å². The Bertz CT molecular complexity index is 1340. The van der Waals surface area contributed by atoms with Crippen molar-refractivity contribution in [3.8, 4) is 0 Å². The van der Waals surface area contributed by atoms with E-state index >= 15 is 0 Å². The molecule has 29 heavy (non-hydrogen) atoms. The standard InChI is InChI=1S/C22H15ClN2O3S/c1-11-12(2)29-22(24-11)25-18(13-6-5-7-14(23)10-13)17-19(26)15-8-3-4-9-16(15)28-20(17)21(25)27/h3-10,18H,1-2H3. The Balaban J connectivity index is 1.84. The summed E-state index contributed by atoms with van der Waals surface area (Å²) >= 11 is 7.64. The molecule has 2 aromatic heterocycles. The molecule has 1 aliphatic heterocycles. The minimum atomic E-state index is -0.651. The Morgan fingerprint density at radius 3 is 2.62 bits per heavy atom. The molecule has 0 saturated carbocycles. The molecular formula is C22H15ClN2O3S. The fourth-order valence-corrected chi connectivity index (χ4v) is 4.80. The molecule has 7 heteroatoms. The average Bonchev–Trinajstić information content (AvgIpc) is 3.19. The van der Waals surface area contributed by atoms with E-state index < -0.39 is 6.04 Å². The lowest BCUT2D eigenvalue weighted by molar-refractivity contribution is 0.0971. The number of para-hydroxylation sites is 1. The summed E-state index contributed by atoms with van der Waals surface area (Å²) in [6.07, 6.45) is 0. The van der Waals surface area contributed by atoms with Crippen molar-refractivity contribution in [1.82, 2.24) is 4.98 Å². The normalized spacial score (nSPS) is 15.9. The van der Waals surface area contributed by atoms with E-state index in [1.54, 1.807) is 47.4 Å². The van der Waals surface area contributed by atoms with E-state index in [1.165, 1.54) is 11.3 Å². The van der Waals surface area contributed by atoms with Crippen LogP contribution in [0.2, 0.25) is 5.02 Å². The van der Waals surface area contributed by atoms with Crippen molar-refractivity contribution in [2.75, 3.05) is 4.90 Å². The Morgan fingerprint density at radius 2 is 1.90 bits per heavy atom. The zero-order valence-corrected chi connectivity index (χ0v) is 17.2. The minimum Gasteiger partial charge on any atom is -0.450 e. The third kappa shape index (κ3) is 2.71. The molecule has 0 aliphatic carbocycles. The van der Waals surface area contributed by atoms with Crippen molar-refractivity contribution in [3.05, 3.63) is 91.2 Å². The molecule has 0 spiro atoms. The molecule has 2 aromatic carbocycles. The largest absolute Gasteiger partial charge is 0.450 e. The number of amides is 1. The van der Waals surface area contributed by atoms with Gasteiger partial charge in [-0.3, -0.25) is 14.5 Å². The van der Waals surface area contributed by atoms with Gasteiger partial charge in [0.1, 0.15) is 5.58 Å². The molecule has 1 atom stereocenters. The number of anilines is 1. The highest BCUT2D eigenvalue weighted by Gasteiger charge is 2.45. The van der Waals surface area contributed by atoms with Crippen molar-refractivity contribution >= 4 is 44.9 Å². The maximum Gasteiger partial charge on any atom is 0.297 e. The van der Waals surface area contributed by atoms with Crippen LogP contribution in [0.4, 0.5) is 5.13 Å². The summed E-state index contributed by atoms with van der Waals surface area (Å²) in [5.74, 6) is -0.314. The maximum absolute atomic E-state index is 13.4. The fraction of sp³-hybridized carbons (Fsp3) is 0.136. The Kier molecular flexibility index (Phi) is 4.08. The molecule has 5 nitrogen and oxygen atoms in total. The molecule has 3 heterocycles. The summed E-state index contributed by atoms with van der Waals surface area (Å²) in [5.41, 5.74) is 2.08. The third-order valence-corrected chi connectivity index (χ3v) is 6.47. The van der Waals surface area contributed by atoms with Crippen molar-refractivity contribution in [1.29, 1.82) is 0 Å². The number of halogens is 1. The zero-order chi connectivity index (χ0) is 20.3. The molecular weight excluding hydrogens is 408 g/mol. The Hall–Kier alpha value is -2.96.